The minimum absolute atomic E-state index is 0.0124. The lowest BCUT2D eigenvalue weighted by Gasteiger charge is -2.08. The third-order valence-corrected chi connectivity index (χ3v) is 5.35. The van der Waals surface area contributed by atoms with Crippen molar-refractivity contribution in [3.05, 3.63) is 64.2 Å². The minimum atomic E-state index is -4.59. The molecule has 0 aliphatic heterocycles. The van der Waals surface area contributed by atoms with Crippen molar-refractivity contribution < 1.29 is 31.3 Å². The van der Waals surface area contributed by atoms with Crippen LogP contribution in [0.5, 0.6) is 0 Å². The molecule has 0 fully saturated rings. The lowest BCUT2D eigenvalue weighted by atomic mass is 10.3. The summed E-state index contributed by atoms with van der Waals surface area (Å²) in [5, 5.41) is 11.2. The van der Waals surface area contributed by atoms with E-state index in [0.29, 0.717) is 35.9 Å². The zero-order valence-corrected chi connectivity index (χ0v) is 16.3. The third kappa shape index (κ3) is 5.61. The molecule has 31 heavy (non-hydrogen) atoms. The van der Waals surface area contributed by atoms with Crippen LogP contribution in [0.3, 0.4) is 0 Å². The number of pyridine rings is 2. The molecule has 162 valence electrons. The molecule has 7 nitrogen and oxygen atoms in total. The van der Waals surface area contributed by atoms with Gasteiger partial charge in [0, 0.05) is 12.4 Å². The van der Waals surface area contributed by atoms with Crippen molar-refractivity contribution >= 4 is 29.2 Å². The molecule has 3 heterocycles. The molecule has 0 radical (unpaired) electrons. The SMILES string of the molecule is O=[N+]([O-])c1c(Sc2ccc(C(F)(F)F)cn2)ncnc1Sc1ccc(C(F)(F)F)cn1. The molecule has 3 aromatic rings. The lowest BCUT2D eigenvalue weighted by Crippen LogP contribution is -2.05. The molecule has 0 unspecified atom stereocenters. The van der Waals surface area contributed by atoms with Crippen LogP contribution in [0.2, 0.25) is 0 Å². The molecule has 0 aliphatic carbocycles. The van der Waals surface area contributed by atoms with Crippen LogP contribution in [0, 0.1) is 10.1 Å². The first-order valence-corrected chi connectivity index (χ1v) is 9.50. The predicted molar refractivity (Wildman–Crippen MR) is 95.4 cm³/mol. The molecule has 0 saturated heterocycles. The Bertz CT molecular complexity index is 1010. The number of hydrogen-bond donors (Lipinski definition) is 0. The maximum Gasteiger partial charge on any atom is 0.417 e. The highest BCUT2D eigenvalue weighted by Crippen LogP contribution is 2.40. The molecule has 0 N–H and O–H groups in total. The first kappa shape index (κ1) is 22.7. The highest BCUT2D eigenvalue weighted by Gasteiger charge is 2.32. The quantitative estimate of drug-likeness (QED) is 0.205. The highest BCUT2D eigenvalue weighted by molar-refractivity contribution is 8.00. The van der Waals surface area contributed by atoms with E-state index in [2.05, 4.69) is 19.9 Å². The van der Waals surface area contributed by atoms with Gasteiger partial charge < -0.3 is 0 Å². The molecule has 0 aromatic carbocycles. The molecule has 0 amide bonds. The van der Waals surface area contributed by atoms with E-state index in [0.717, 1.165) is 30.6 Å². The summed E-state index contributed by atoms with van der Waals surface area (Å²) in [5.74, 6) is 0. The second-order valence-corrected chi connectivity index (χ2v) is 7.58. The summed E-state index contributed by atoms with van der Waals surface area (Å²) in [5.41, 5.74) is -2.56. The van der Waals surface area contributed by atoms with Crippen LogP contribution < -0.4 is 0 Å². The number of hydrogen-bond acceptors (Lipinski definition) is 8. The topological polar surface area (TPSA) is 94.7 Å². The van der Waals surface area contributed by atoms with Gasteiger partial charge >= 0.3 is 18.0 Å². The van der Waals surface area contributed by atoms with Crippen molar-refractivity contribution in [3.63, 3.8) is 0 Å². The zero-order valence-electron chi connectivity index (χ0n) is 14.7. The van der Waals surface area contributed by atoms with Gasteiger partial charge in [-0.2, -0.15) is 26.3 Å². The molecule has 3 rings (SSSR count). The Morgan fingerprint density at radius 1 is 0.742 bits per heavy atom. The van der Waals surface area contributed by atoms with Gasteiger partial charge in [0.25, 0.3) is 0 Å². The van der Waals surface area contributed by atoms with Crippen molar-refractivity contribution in [1.29, 1.82) is 0 Å². The Morgan fingerprint density at radius 2 is 1.16 bits per heavy atom. The van der Waals surface area contributed by atoms with Crippen LogP contribution in [0.1, 0.15) is 11.1 Å². The van der Waals surface area contributed by atoms with Crippen LogP contribution in [0.15, 0.2) is 63.1 Å². The highest BCUT2D eigenvalue weighted by atomic mass is 32.2. The smallest absolute Gasteiger partial charge is 0.258 e. The van der Waals surface area contributed by atoms with Gasteiger partial charge in [0.2, 0.25) is 0 Å². The van der Waals surface area contributed by atoms with E-state index in [1.807, 2.05) is 0 Å². The number of halogens is 6. The van der Waals surface area contributed by atoms with Gasteiger partial charge in [0.15, 0.2) is 10.1 Å². The van der Waals surface area contributed by atoms with E-state index in [-0.39, 0.29) is 20.1 Å². The first-order valence-electron chi connectivity index (χ1n) is 7.87. The molecule has 15 heteroatoms. The van der Waals surface area contributed by atoms with Crippen molar-refractivity contribution in [1.82, 2.24) is 19.9 Å². The lowest BCUT2D eigenvalue weighted by molar-refractivity contribution is -0.391. The Hall–Kier alpha value is -2.94. The fourth-order valence-electron chi connectivity index (χ4n) is 2.07. The van der Waals surface area contributed by atoms with E-state index in [1.165, 1.54) is 0 Å². The van der Waals surface area contributed by atoms with Gasteiger partial charge in [-0.3, -0.25) is 10.1 Å². The number of nitrogens with zero attached hydrogens (tertiary/aromatic N) is 5. The largest absolute Gasteiger partial charge is 0.417 e. The second kappa shape index (κ2) is 8.66. The Kier molecular flexibility index (Phi) is 6.35. The first-order chi connectivity index (χ1) is 14.4. The van der Waals surface area contributed by atoms with E-state index in [1.54, 1.807) is 0 Å². The Labute approximate surface area is 177 Å². The van der Waals surface area contributed by atoms with Crippen molar-refractivity contribution in [2.45, 2.75) is 32.5 Å². The maximum atomic E-state index is 12.6. The van der Waals surface area contributed by atoms with Crippen LogP contribution in [0.25, 0.3) is 0 Å². The van der Waals surface area contributed by atoms with Gasteiger partial charge in [-0.15, -0.1) is 0 Å². The van der Waals surface area contributed by atoms with Crippen molar-refractivity contribution in [2.24, 2.45) is 0 Å². The molecule has 0 atom stereocenters. The van der Waals surface area contributed by atoms with Crippen LogP contribution in [0.4, 0.5) is 32.0 Å². The second-order valence-electron chi connectivity index (χ2n) is 5.56. The molecule has 0 spiro atoms. The van der Waals surface area contributed by atoms with Crippen molar-refractivity contribution in [3.8, 4) is 0 Å². The van der Waals surface area contributed by atoms with Gasteiger partial charge in [0.05, 0.1) is 16.1 Å². The van der Waals surface area contributed by atoms with Gasteiger partial charge in [-0.05, 0) is 47.8 Å². The normalized spacial score (nSPS) is 12.1. The minimum Gasteiger partial charge on any atom is -0.258 e. The standard InChI is InChI=1S/C16H7F6N5O2S2/c17-15(18,19)8-1-3-10(23-5-8)30-13-12(27(28)29)14(26-7-25-13)31-11-4-2-9(6-24-11)16(20,21)22/h1-7H. The third-order valence-electron chi connectivity index (χ3n) is 3.47. The Balaban J connectivity index is 1.88. The Morgan fingerprint density at radius 3 is 1.45 bits per heavy atom. The van der Waals surface area contributed by atoms with Crippen LogP contribution >= 0.6 is 23.5 Å². The van der Waals surface area contributed by atoms with Gasteiger partial charge in [0.1, 0.15) is 16.4 Å². The molecule has 3 aromatic heterocycles. The summed E-state index contributed by atoms with van der Waals surface area (Å²) >= 11 is 1.28. The van der Waals surface area contributed by atoms with Crippen LogP contribution in [-0.4, -0.2) is 24.9 Å². The summed E-state index contributed by atoms with van der Waals surface area (Å²) in [6.45, 7) is 0. The van der Waals surface area contributed by atoms with Crippen LogP contribution in [-0.2, 0) is 12.4 Å². The fourth-order valence-corrected chi connectivity index (χ4v) is 3.75. The zero-order chi connectivity index (χ0) is 22.8. The molecule has 0 aliphatic rings. The molecule has 0 saturated carbocycles. The molecule has 0 bridgehead atoms. The summed E-state index contributed by atoms with van der Waals surface area (Å²) in [7, 11) is 0. The summed E-state index contributed by atoms with van der Waals surface area (Å²) in [4.78, 5) is 25.6. The number of nitro groups is 1. The van der Waals surface area contributed by atoms with Gasteiger partial charge in [-0.1, -0.05) is 0 Å². The molecular weight excluding hydrogens is 472 g/mol. The van der Waals surface area contributed by atoms with Crippen molar-refractivity contribution in [2.75, 3.05) is 0 Å². The summed E-state index contributed by atoms with van der Waals surface area (Å²) < 4.78 is 75.8. The predicted octanol–water partition coefficient (Wildman–Crippen LogP) is 5.51. The van der Waals surface area contributed by atoms with E-state index >= 15 is 0 Å². The van der Waals surface area contributed by atoms with E-state index in [4.69, 9.17) is 0 Å². The molecular formula is C16H7F6N5O2S2. The summed E-state index contributed by atoms with van der Waals surface area (Å²) in [6, 6.07) is 3.60. The monoisotopic (exact) mass is 479 g/mol. The van der Waals surface area contributed by atoms with E-state index in [9.17, 15) is 36.5 Å². The fraction of sp³-hybridized carbons (Fsp3) is 0.125. The van der Waals surface area contributed by atoms with E-state index < -0.39 is 34.1 Å². The maximum absolute atomic E-state index is 12.6. The number of alkyl halides is 6. The number of rotatable bonds is 5. The number of aromatic nitrogens is 4. The average molecular weight is 479 g/mol. The van der Waals surface area contributed by atoms with Gasteiger partial charge in [-0.25, -0.2) is 19.9 Å². The summed E-state index contributed by atoms with van der Waals surface area (Å²) in [6.07, 6.45) is -7.04. The average Bonchev–Trinajstić information content (AvgIpc) is 2.67.